The number of carbonyl (C=O) groups excluding carboxylic acids is 2. The summed E-state index contributed by atoms with van der Waals surface area (Å²) in [4.78, 5) is 29.2. The summed E-state index contributed by atoms with van der Waals surface area (Å²) in [6.45, 7) is 2.39. The number of likely N-dealkylation sites (tertiary alicyclic amines) is 1. The van der Waals surface area contributed by atoms with Gasteiger partial charge in [-0.15, -0.1) is 0 Å². The summed E-state index contributed by atoms with van der Waals surface area (Å²) in [6.07, 6.45) is 6.10. The molecule has 4 atom stereocenters. The van der Waals surface area contributed by atoms with E-state index in [0.29, 0.717) is 26.0 Å². The number of hydrogen-bond donors (Lipinski definition) is 1. The molecule has 3 unspecified atom stereocenters. The second-order valence-electron chi connectivity index (χ2n) is 9.85. The average Bonchev–Trinajstić information content (AvgIpc) is 3.05. The Bertz CT molecular complexity index is 833. The monoisotopic (exact) mass is 458 g/mol. The van der Waals surface area contributed by atoms with Gasteiger partial charge >= 0.3 is 5.97 Å². The van der Waals surface area contributed by atoms with E-state index in [1.165, 1.54) is 6.92 Å². The molecule has 1 aromatic carbocycles. The van der Waals surface area contributed by atoms with Gasteiger partial charge in [0.2, 0.25) is 0 Å². The highest BCUT2D eigenvalue weighted by Crippen LogP contribution is 2.50. The van der Waals surface area contributed by atoms with E-state index in [2.05, 4.69) is 0 Å². The van der Waals surface area contributed by atoms with Gasteiger partial charge in [-0.05, 0) is 56.9 Å². The van der Waals surface area contributed by atoms with Crippen LogP contribution in [0, 0.1) is 11.8 Å². The molecule has 0 radical (unpaired) electrons. The summed E-state index contributed by atoms with van der Waals surface area (Å²) in [5.74, 6) is -1.51. The van der Waals surface area contributed by atoms with Crippen LogP contribution in [0.15, 0.2) is 30.3 Å². The minimum absolute atomic E-state index is 0.115. The first kappa shape index (κ1) is 22.9. The first-order chi connectivity index (χ1) is 16.4. The van der Waals surface area contributed by atoms with Gasteiger partial charge in [-0.2, -0.15) is 0 Å². The van der Waals surface area contributed by atoms with Crippen molar-refractivity contribution in [1.82, 2.24) is 4.90 Å². The molecule has 1 aromatic rings. The second-order valence-corrected chi connectivity index (χ2v) is 9.85. The van der Waals surface area contributed by atoms with Gasteiger partial charge < -0.3 is 19.5 Å². The third-order valence-electron chi connectivity index (χ3n) is 7.75. The highest BCUT2D eigenvalue weighted by atomic mass is 16.5. The number of aliphatic hydroxyl groups is 1. The molecule has 0 aromatic heterocycles. The fourth-order valence-electron chi connectivity index (χ4n) is 6.21. The van der Waals surface area contributed by atoms with Crippen LogP contribution in [0.1, 0.15) is 78.1 Å². The van der Waals surface area contributed by atoms with Gasteiger partial charge in [-0.1, -0.05) is 56.0 Å². The smallest absolute Gasteiger partial charge is 0.333 e. The standard InChI is InChI=1S/C27H39NO5/c1-20(29)25(30)28-17-16-23(24-15-9-10-18-32-24)27(28,22-13-7-2-3-8-14-22)26(31)33-19-21-11-5-4-6-12-21/h4-6,11-12,20,22-24,29H,2-3,7-10,13-19H2,1H3/t20?,23?,24?,27-/m0/s1/i24D. The third kappa shape index (κ3) is 4.97. The van der Waals surface area contributed by atoms with Crippen molar-refractivity contribution in [3.63, 3.8) is 0 Å². The van der Waals surface area contributed by atoms with Crippen molar-refractivity contribution in [1.29, 1.82) is 0 Å². The van der Waals surface area contributed by atoms with E-state index in [-0.39, 0.29) is 12.5 Å². The maximum Gasteiger partial charge on any atom is 0.333 e. The molecule has 0 bridgehead atoms. The number of aliphatic hydroxyl groups excluding tert-OH is 1. The highest BCUT2D eigenvalue weighted by Gasteiger charge is 2.63. The third-order valence-corrected chi connectivity index (χ3v) is 7.75. The predicted molar refractivity (Wildman–Crippen MR) is 125 cm³/mol. The van der Waals surface area contributed by atoms with Gasteiger partial charge in [0.05, 0.1) is 7.45 Å². The fourth-order valence-corrected chi connectivity index (χ4v) is 6.21. The van der Waals surface area contributed by atoms with E-state index >= 15 is 0 Å². The second kappa shape index (κ2) is 11.0. The number of hydrogen-bond acceptors (Lipinski definition) is 5. The van der Waals surface area contributed by atoms with Crippen LogP contribution in [0.2, 0.25) is 0 Å². The Morgan fingerprint density at radius 2 is 1.82 bits per heavy atom. The summed E-state index contributed by atoms with van der Waals surface area (Å²) < 4.78 is 21.4. The number of nitrogens with zero attached hydrogens (tertiary/aromatic N) is 1. The molecule has 6 nitrogen and oxygen atoms in total. The summed E-state index contributed by atoms with van der Waals surface area (Å²) in [7, 11) is 0. The SMILES string of the molecule is [2H]C1(C2CCN(C(=O)C(C)O)[C@@]2(C(=O)OCc2ccccc2)C2CCCCCC2)CCCCO1. The molecule has 0 spiro atoms. The predicted octanol–water partition coefficient (Wildman–Crippen LogP) is 4.24. The van der Waals surface area contributed by atoms with Crippen LogP contribution in [0.5, 0.6) is 0 Å². The molecule has 1 saturated carbocycles. The molecule has 4 rings (SSSR count). The molecule has 1 N–H and O–H groups in total. The van der Waals surface area contributed by atoms with Crippen LogP contribution in [0.25, 0.3) is 0 Å². The fraction of sp³-hybridized carbons (Fsp3) is 0.704. The molecule has 1 aliphatic carbocycles. The first-order valence-electron chi connectivity index (χ1n) is 13.2. The Labute approximate surface area is 199 Å². The van der Waals surface area contributed by atoms with E-state index in [0.717, 1.165) is 56.9 Å². The quantitative estimate of drug-likeness (QED) is 0.510. The molecular formula is C27H39NO5. The average molecular weight is 459 g/mol. The zero-order valence-electron chi connectivity index (χ0n) is 20.8. The Balaban J connectivity index is 1.78. The zero-order valence-corrected chi connectivity index (χ0v) is 19.8. The molecule has 182 valence electrons. The molecule has 3 fully saturated rings. The molecular weight excluding hydrogens is 418 g/mol. The summed E-state index contributed by atoms with van der Waals surface area (Å²) in [5, 5.41) is 10.3. The van der Waals surface area contributed by atoms with Gasteiger partial charge in [0.25, 0.3) is 5.91 Å². The Morgan fingerprint density at radius 3 is 2.45 bits per heavy atom. The molecule has 1 amide bonds. The minimum Gasteiger partial charge on any atom is -0.459 e. The van der Waals surface area contributed by atoms with Crippen molar-refractivity contribution < 1.29 is 25.5 Å². The van der Waals surface area contributed by atoms with Crippen LogP contribution in [-0.4, -0.2) is 52.8 Å². The van der Waals surface area contributed by atoms with Gasteiger partial charge in [0, 0.05) is 19.1 Å². The van der Waals surface area contributed by atoms with E-state index in [1.54, 1.807) is 4.90 Å². The molecule has 2 aliphatic heterocycles. The van der Waals surface area contributed by atoms with Gasteiger partial charge in [-0.25, -0.2) is 4.79 Å². The van der Waals surface area contributed by atoms with Crippen LogP contribution in [0.3, 0.4) is 0 Å². The van der Waals surface area contributed by atoms with Crippen LogP contribution >= 0.6 is 0 Å². The Morgan fingerprint density at radius 1 is 1.12 bits per heavy atom. The zero-order chi connectivity index (χ0) is 24.2. The van der Waals surface area contributed by atoms with Crippen molar-refractivity contribution in [2.24, 2.45) is 11.8 Å². The normalized spacial score (nSPS) is 32.6. The van der Waals surface area contributed by atoms with Crippen LogP contribution in [-0.2, 0) is 25.7 Å². The highest BCUT2D eigenvalue weighted by molar-refractivity contribution is 5.91. The van der Waals surface area contributed by atoms with E-state index in [4.69, 9.17) is 9.47 Å². The lowest BCUT2D eigenvalue weighted by atomic mass is 9.68. The van der Waals surface area contributed by atoms with Gasteiger partial charge in [0.15, 0.2) is 0 Å². The molecule has 2 saturated heterocycles. The summed E-state index contributed by atoms with van der Waals surface area (Å²) >= 11 is 0. The minimum atomic E-state index is -1.30. The van der Waals surface area contributed by atoms with Crippen molar-refractivity contribution in [2.75, 3.05) is 13.2 Å². The maximum absolute atomic E-state index is 14.2. The topological polar surface area (TPSA) is 76.1 Å². The number of carbonyl (C=O) groups is 2. The molecule has 6 heteroatoms. The van der Waals surface area contributed by atoms with Crippen molar-refractivity contribution >= 4 is 11.9 Å². The lowest BCUT2D eigenvalue weighted by molar-refractivity contribution is -0.179. The number of benzene rings is 1. The van der Waals surface area contributed by atoms with Crippen LogP contribution in [0.4, 0.5) is 0 Å². The Hall–Kier alpha value is -1.92. The summed E-state index contributed by atoms with van der Waals surface area (Å²) in [5.41, 5.74) is -0.420. The molecule has 2 heterocycles. The van der Waals surface area contributed by atoms with E-state index in [9.17, 15) is 16.1 Å². The maximum atomic E-state index is 14.2. The van der Waals surface area contributed by atoms with Crippen LogP contribution < -0.4 is 0 Å². The largest absolute Gasteiger partial charge is 0.459 e. The lowest BCUT2D eigenvalue weighted by Gasteiger charge is -2.48. The van der Waals surface area contributed by atoms with E-state index in [1.807, 2.05) is 30.3 Å². The van der Waals surface area contributed by atoms with Crippen molar-refractivity contribution in [3.05, 3.63) is 35.9 Å². The number of ether oxygens (including phenoxy) is 2. The van der Waals surface area contributed by atoms with Crippen molar-refractivity contribution in [3.8, 4) is 0 Å². The number of esters is 1. The molecule has 33 heavy (non-hydrogen) atoms. The van der Waals surface area contributed by atoms with E-state index < -0.39 is 35.5 Å². The molecule has 3 aliphatic rings. The summed E-state index contributed by atoms with van der Waals surface area (Å²) in [6, 6.07) is 9.54. The number of rotatable bonds is 6. The lowest BCUT2D eigenvalue weighted by Crippen LogP contribution is -2.65. The Kier molecular flexibility index (Phi) is 7.62. The van der Waals surface area contributed by atoms with Gasteiger partial charge in [0.1, 0.15) is 18.2 Å². The van der Waals surface area contributed by atoms with Crippen molar-refractivity contribution in [2.45, 2.75) is 95.5 Å². The first-order valence-corrected chi connectivity index (χ1v) is 12.7. The van der Waals surface area contributed by atoms with Gasteiger partial charge in [-0.3, -0.25) is 4.79 Å². The number of amides is 1.